The standard InChI is InChI=1S/C11H16N4O/c1-2-10(13)9-3-6-15(7-9)8-11(16)14-5-4-12/h3,6-7,10H,2,5,8,13H2,1H3,(H,14,16). The van der Waals surface area contributed by atoms with Gasteiger partial charge < -0.3 is 15.6 Å². The molecule has 3 N–H and O–H groups in total. The zero-order valence-corrected chi connectivity index (χ0v) is 9.31. The quantitative estimate of drug-likeness (QED) is 0.710. The van der Waals surface area contributed by atoms with Gasteiger partial charge in [0.15, 0.2) is 0 Å². The first-order valence-electron chi connectivity index (χ1n) is 5.22. The Morgan fingerprint density at radius 3 is 3.12 bits per heavy atom. The number of nitrogens with zero attached hydrogens (tertiary/aromatic N) is 2. The van der Waals surface area contributed by atoms with Crippen molar-refractivity contribution in [2.45, 2.75) is 25.9 Å². The highest BCUT2D eigenvalue weighted by atomic mass is 16.1. The summed E-state index contributed by atoms with van der Waals surface area (Å²) in [6.07, 6.45) is 4.54. The number of nitriles is 1. The smallest absolute Gasteiger partial charge is 0.240 e. The molecule has 1 rings (SSSR count). The van der Waals surface area contributed by atoms with Crippen molar-refractivity contribution in [1.82, 2.24) is 9.88 Å². The molecule has 16 heavy (non-hydrogen) atoms. The van der Waals surface area contributed by atoms with Crippen LogP contribution in [0.3, 0.4) is 0 Å². The third-order valence-electron chi connectivity index (χ3n) is 2.33. The summed E-state index contributed by atoms with van der Waals surface area (Å²) in [5.41, 5.74) is 6.89. The number of aromatic nitrogens is 1. The Balaban J connectivity index is 2.52. The highest BCUT2D eigenvalue weighted by molar-refractivity contribution is 5.75. The van der Waals surface area contributed by atoms with Crippen LogP contribution in [0.1, 0.15) is 24.9 Å². The fourth-order valence-corrected chi connectivity index (χ4v) is 1.37. The molecule has 1 aromatic rings. The summed E-state index contributed by atoms with van der Waals surface area (Å²) < 4.78 is 1.76. The van der Waals surface area contributed by atoms with Gasteiger partial charge in [-0.05, 0) is 18.1 Å². The molecule has 1 unspecified atom stereocenters. The van der Waals surface area contributed by atoms with Crippen molar-refractivity contribution >= 4 is 5.91 Å². The van der Waals surface area contributed by atoms with Crippen molar-refractivity contribution < 1.29 is 4.79 Å². The Bertz CT molecular complexity index is 391. The molecule has 86 valence electrons. The van der Waals surface area contributed by atoms with Gasteiger partial charge in [0, 0.05) is 18.4 Å². The topological polar surface area (TPSA) is 83.8 Å². The van der Waals surface area contributed by atoms with E-state index in [1.165, 1.54) is 0 Å². The Labute approximate surface area is 94.8 Å². The van der Waals surface area contributed by atoms with Crippen molar-refractivity contribution in [3.63, 3.8) is 0 Å². The Morgan fingerprint density at radius 2 is 2.50 bits per heavy atom. The highest BCUT2D eigenvalue weighted by Gasteiger charge is 2.06. The van der Waals surface area contributed by atoms with Gasteiger partial charge in [0.2, 0.25) is 5.91 Å². The molecule has 1 aromatic heterocycles. The van der Waals surface area contributed by atoms with E-state index in [1.54, 1.807) is 4.57 Å². The minimum Gasteiger partial charge on any atom is -0.345 e. The molecule has 0 fully saturated rings. The number of carbonyl (C=O) groups is 1. The first kappa shape index (κ1) is 12.3. The Kier molecular flexibility index (Phi) is 4.55. The summed E-state index contributed by atoms with van der Waals surface area (Å²) in [6.45, 7) is 2.28. The van der Waals surface area contributed by atoms with Gasteiger partial charge in [-0.3, -0.25) is 4.79 Å². The van der Waals surface area contributed by atoms with E-state index in [4.69, 9.17) is 11.0 Å². The molecule has 0 spiro atoms. The van der Waals surface area contributed by atoms with Crippen molar-refractivity contribution in [2.75, 3.05) is 6.54 Å². The molecule has 0 aliphatic carbocycles. The van der Waals surface area contributed by atoms with Gasteiger partial charge in [-0.15, -0.1) is 0 Å². The van der Waals surface area contributed by atoms with Crippen molar-refractivity contribution in [3.05, 3.63) is 24.0 Å². The van der Waals surface area contributed by atoms with Gasteiger partial charge in [0.1, 0.15) is 13.1 Å². The first-order chi connectivity index (χ1) is 7.67. The SMILES string of the molecule is CCC(N)c1ccn(CC(=O)NCC#N)c1. The minimum absolute atomic E-state index is 0.0171. The van der Waals surface area contributed by atoms with E-state index in [9.17, 15) is 4.79 Å². The summed E-state index contributed by atoms with van der Waals surface area (Å²) in [4.78, 5) is 11.3. The second-order valence-electron chi connectivity index (χ2n) is 3.57. The maximum absolute atomic E-state index is 11.3. The van der Waals surface area contributed by atoms with Crippen LogP contribution >= 0.6 is 0 Å². The van der Waals surface area contributed by atoms with E-state index < -0.39 is 0 Å². The zero-order valence-electron chi connectivity index (χ0n) is 9.31. The number of nitrogens with two attached hydrogens (primary N) is 1. The molecule has 0 aliphatic rings. The number of hydrogen-bond donors (Lipinski definition) is 2. The minimum atomic E-state index is -0.172. The third kappa shape index (κ3) is 3.41. The van der Waals surface area contributed by atoms with Crippen molar-refractivity contribution in [1.29, 1.82) is 5.26 Å². The molecule has 1 atom stereocenters. The van der Waals surface area contributed by atoms with Crippen LogP contribution in [0.25, 0.3) is 0 Å². The monoisotopic (exact) mass is 220 g/mol. The van der Waals surface area contributed by atoms with E-state index in [0.29, 0.717) is 0 Å². The molecular formula is C11H16N4O. The van der Waals surface area contributed by atoms with Crippen molar-refractivity contribution in [2.24, 2.45) is 5.73 Å². The normalized spacial score (nSPS) is 11.8. The van der Waals surface area contributed by atoms with Crippen LogP contribution < -0.4 is 11.1 Å². The molecule has 5 heteroatoms. The molecule has 0 radical (unpaired) electrons. The summed E-state index contributed by atoms with van der Waals surface area (Å²) >= 11 is 0. The predicted molar refractivity (Wildman–Crippen MR) is 60.3 cm³/mol. The molecule has 0 bridgehead atoms. The summed E-state index contributed by atoms with van der Waals surface area (Å²) in [6, 6.07) is 3.78. The van der Waals surface area contributed by atoms with Crippen LogP contribution in [0.5, 0.6) is 0 Å². The van der Waals surface area contributed by atoms with Gasteiger partial charge in [-0.1, -0.05) is 6.92 Å². The van der Waals surface area contributed by atoms with Crippen LogP contribution in [-0.4, -0.2) is 17.0 Å². The predicted octanol–water partition coefficient (Wildman–Crippen LogP) is 0.538. The Morgan fingerprint density at radius 1 is 1.75 bits per heavy atom. The zero-order chi connectivity index (χ0) is 12.0. The summed E-state index contributed by atoms with van der Waals surface area (Å²) in [5, 5.41) is 10.8. The largest absolute Gasteiger partial charge is 0.345 e. The molecule has 0 aliphatic heterocycles. The maximum atomic E-state index is 11.3. The molecule has 0 aromatic carbocycles. The number of nitrogens with one attached hydrogen (secondary N) is 1. The molecule has 0 saturated heterocycles. The van der Waals surface area contributed by atoms with E-state index in [1.807, 2.05) is 31.5 Å². The average molecular weight is 220 g/mol. The van der Waals surface area contributed by atoms with Crippen LogP contribution in [0.2, 0.25) is 0 Å². The van der Waals surface area contributed by atoms with Gasteiger partial charge in [-0.2, -0.15) is 5.26 Å². The molecular weight excluding hydrogens is 204 g/mol. The number of hydrogen-bond acceptors (Lipinski definition) is 3. The van der Waals surface area contributed by atoms with Crippen LogP contribution in [0.4, 0.5) is 0 Å². The van der Waals surface area contributed by atoms with Gasteiger partial charge in [0.25, 0.3) is 0 Å². The highest BCUT2D eigenvalue weighted by Crippen LogP contribution is 2.13. The second kappa shape index (κ2) is 5.93. The molecule has 0 saturated carbocycles. The lowest BCUT2D eigenvalue weighted by Crippen LogP contribution is -2.27. The lowest BCUT2D eigenvalue weighted by molar-refractivity contribution is -0.121. The number of carbonyl (C=O) groups excluding carboxylic acids is 1. The Hall–Kier alpha value is -1.80. The molecule has 5 nitrogen and oxygen atoms in total. The van der Waals surface area contributed by atoms with Crippen LogP contribution in [-0.2, 0) is 11.3 Å². The summed E-state index contributed by atoms with van der Waals surface area (Å²) in [7, 11) is 0. The van der Waals surface area contributed by atoms with Crippen LogP contribution in [0, 0.1) is 11.3 Å². The molecule has 1 heterocycles. The van der Waals surface area contributed by atoms with Gasteiger partial charge >= 0.3 is 0 Å². The fourth-order valence-electron chi connectivity index (χ4n) is 1.37. The van der Waals surface area contributed by atoms with E-state index in [-0.39, 0.29) is 25.0 Å². The summed E-state index contributed by atoms with van der Waals surface area (Å²) in [5.74, 6) is -0.172. The second-order valence-corrected chi connectivity index (χ2v) is 3.57. The van der Waals surface area contributed by atoms with E-state index in [2.05, 4.69) is 5.32 Å². The number of rotatable bonds is 5. The first-order valence-corrected chi connectivity index (χ1v) is 5.22. The van der Waals surface area contributed by atoms with Gasteiger partial charge in [-0.25, -0.2) is 0 Å². The molecule has 1 amide bonds. The fraction of sp³-hybridized carbons (Fsp3) is 0.455. The number of amides is 1. The van der Waals surface area contributed by atoms with E-state index >= 15 is 0 Å². The van der Waals surface area contributed by atoms with Crippen molar-refractivity contribution in [3.8, 4) is 6.07 Å². The van der Waals surface area contributed by atoms with E-state index in [0.717, 1.165) is 12.0 Å². The lowest BCUT2D eigenvalue weighted by atomic mass is 10.1. The maximum Gasteiger partial charge on any atom is 0.240 e. The lowest BCUT2D eigenvalue weighted by Gasteiger charge is -2.05. The van der Waals surface area contributed by atoms with Gasteiger partial charge in [0.05, 0.1) is 6.07 Å². The third-order valence-corrected chi connectivity index (χ3v) is 2.33. The average Bonchev–Trinajstić information content (AvgIpc) is 2.73. The van der Waals surface area contributed by atoms with Crippen LogP contribution in [0.15, 0.2) is 18.5 Å².